The highest BCUT2D eigenvalue weighted by Gasteiger charge is 2.18. The van der Waals surface area contributed by atoms with Gasteiger partial charge in [0.1, 0.15) is 17.1 Å². The van der Waals surface area contributed by atoms with Crippen molar-refractivity contribution in [2.24, 2.45) is 0 Å². The third kappa shape index (κ3) is 4.30. The summed E-state index contributed by atoms with van der Waals surface area (Å²) in [6.07, 6.45) is 0.735. The molecule has 20 heavy (non-hydrogen) atoms. The molecule has 0 aliphatic carbocycles. The molecule has 1 aromatic carbocycles. The normalized spacial score (nSPS) is 10.0. The van der Waals surface area contributed by atoms with Crippen LogP contribution in [0, 0.1) is 6.92 Å². The average molecular weight is 278 g/mol. The molecule has 0 heterocycles. The van der Waals surface area contributed by atoms with Gasteiger partial charge in [-0.2, -0.15) is 0 Å². The van der Waals surface area contributed by atoms with Crippen LogP contribution in [-0.2, 0) is 4.74 Å². The molecule has 0 radical (unpaired) electrons. The first kappa shape index (κ1) is 16.1. The van der Waals surface area contributed by atoms with Crippen LogP contribution < -0.4 is 9.47 Å². The van der Waals surface area contributed by atoms with E-state index in [-0.39, 0.29) is 5.97 Å². The molecule has 0 N–H and O–H groups in total. The first-order valence-corrected chi connectivity index (χ1v) is 6.62. The first-order valence-electron chi connectivity index (χ1n) is 6.62. The van der Waals surface area contributed by atoms with Crippen LogP contribution in [0.15, 0.2) is 24.3 Å². The average Bonchev–Trinajstić information content (AvgIpc) is 2.37. The maximum Gasteiger partial charge on any atom is 0.342 e. The third-order valence-electron chi connectivity index (χ3n) is 2.77. The van der Waals surface area contributed by atoms with Crippen molar-refractivity contribution in [1.29, 1.82) is 0 Å². The molecule has 0 spiro atoms. The van der Waals surface area contributed by atoms with E-state index in [0.29, 0.717) is 30.3 Å². The minimum atomic E-state index is -0.377. The number of carbonyl (C=O) groups is 1. The van der Waals surface area contributed by atoms with Gasteiger partial charge >= 0.3 is 5.97 Å². The van der Waals surface area contributed by atoms with Crippen molar-refractivity contribution in [3.63, 3.8) is 0 Å². The Balaban J connectivity index is 3.05. The van der Waals surface area contributed by atoms with Crippen LogP contribution in [0.25, 0.3) is 0 Å². The summed E-state index contributed by atoms with van der Waals surface area (Å²) in [6, 6.07) is 3.50. The Morgan fingerprint density at radius 3 is 2.60 bits per heavy atom. The highest BCUT2D eigenvalue weighted by Crippen LogP contribution is 2.29. The molecule has 0 atom stereocenters. The molecule has 4 heteroatoms. The van der Waals surface area contributed by atoms with Gasteiger partial charge < -0.3 is 14.2 Å². The number of aryl methyl sites for hydroxylation is 1. The topological polar surface area (TPSA) is 44.8 Å². The Morgan fingerprint density at radius 2 is 2.05 bits per heavy atom. The molecular formula is C16H22O4. The predicted molar refractivity (Wildman–Crippen MR) is 78.6 cm³/mol. The quantitative estimate of drug-likeness (QED) is 0.565. The number of carbonyl (C=O) groups excluding carboxylic acids is 1. The summed E-state index contributed by atoms with van der Waals surface area (Å²) in [5.41, 5.74) is 2.25. The van der Waals surface area contributed by atoms with E-state index in [4.69, 9.17) is 14.2 Å². The zero-order chi connectivity index (χ0) is 15.1. The van der Waals surface area contributed by atoms with Gasteiger partial charge in [-0.05, 0) is 32.4 Å². The third-order valence-corrected chi connectivity index (χ3v) is 2.77. The van der Waals surface area contributed by atoms with Crippen LogP contribution in [0.4, 0.5) is 0 Å². The molecule has 0 aromatic heterocycles. The number of methoxy groups -OCH3 is 1. The number of hydrogen-bond donors (Lipinski definition) is 0. The lowest BCUT2D eigenvalue weighted by Gasteiger charge is -2.14. The molecule has 0 aliphatic heterocycles. The van der Waals surface area contributed by atoms with E-state index in [1.807, 2.05) is 13.8 Å². The van der Waals surface area contributed by atoms with Crippen LogP contribution in [0.5, 0.6) is 11.5 Å². The van der Waals surface area contributed by atoms with E-state index in [9.17, 15) is 4.79 Å². The molecule has 0 amide bonds. The Kier molecular flexibility index (Phi) is 6.10. The smallest absolute Gasteiger partial charge is 0.342 e. The zero-order valence-corrected chi connectivity index (χ0v) is 12.6. The first-order chi connectivity index (χ1) is 9.49. The number of hydrogen-bond acceptors (Lipinski definition) is 4. The molecule has 1 aromatic rings. The van der Waals surface area contributed by atoms with Gasteiger partial charge in [0.2, 0.25) is 0 Å². The van der Waals surface area contributed by atoms with Gasteiger partial charge in [-0.1, -0.05) is 5.57 Å². The van der Waals surface area contributed by atoms with Gasteiger partial charge in [-0.3, -0.25) is 0 Å². The number of esters is 1. The summed E-state index contributed by atoms with van der Waals surface area (Å²) in [5.74, 6) is 0.764. The maximum absolute atomic E-state index is 12.0. The molecule has 0 bridgehead atoms. The fourth-order valence-corrected chi connectivity index (χ4v) is 1.75. The van der Waals surface area contributed by atoms with Crippen molar-refractivity contribution >= 4 is 5.97 Å². The summed E-state index contributed by atoms with van der Waals surface area (Å²) >= 11 is 0. The standard InChI is InChI=1S/C16H22O4/c1-6-19-16(17)15-12(4)9-13(18-5)10-14(15)20-8-7-11(2)3/h9-10H,2,6-8H2,1,3-5H3. The molecular weight excluding hydrogens is 256 g/mol. The van der Waals surface area contributed by atoms with E-state index < -0.39 is 0 Å². The second-order valence-electron chi connectivity index (χ2n) is 4.59. The fraction of sp³-hybridized carbons (Fsp3) is 0.438. The molecule has 0 aliphatic rings. The van der Waals surface area contributed by atoms with Crippen molar-refractivity contribution in [2.45, 2.75) is 27.2 Å². The lowest BCUT2D eigenvalue weighted by Crippen LogP contribution is -2.11. The summed E-state index contributed by atoms with van der Waals surface area (Å²) in [4.78, 5) is 12.0. The summed E-state index contributed by atoms with van der Waals surface area (Å²) in [5, 5.41) is 0. The van der Waals surface area contributed by atoms with E-state index in [1.54, 1.807) is 26.2 Å². The van der Waals surface area contributed by atoms with Crippen molar-refractivity contribution in [2.75, 3.05) is 20.3 Å². The molecule has 0 unspecified atom stereocenters. The zero-order valence-electron chi connectivity index (χ0n) is 12.6. The minimum Gasteiger partial charge on any atom is -0.497 e. The van der Waals surface area contributed by atoms with Gasteiger partial charge in [0.25, 0.3) is 0 Å². The monoisotopic (exact) mass is 278 g/mol. The maximum atomic E-state index is 12.0. The molecule has 1 rings (SSSR count). The lowest BCUT2D eigenvalue weighted by molar-refractivity contribution is 0.0521. The second kappa shape index (κ2) is 7.58. The van der Waals surface area contributed by atoms with Crippen LogP contribution in [-0.4, -0.2) is 26.3 Å². The fourth-order valence-electron chi connectivity index (χ4n) is 1.75. The van der Waals surface area contributed by atoms with Crippen molar-refractivity contribution in [3.05, 3.63) is 35.4 Å². The van der Waals surface area contributed by atoms with Crippen molar-refractivity contribution in [1.82, 2.24) is 0 Å². The second-order valence-corrected chi connectivity index (χ2v) is 4.59. The Labute approximate surface area is 120 Å². The molecule has 0 fully saturated rings. The summed E-state index contributed by atoms with van der Waals surface area (Å²) < 4.78 is 16.0. The molecule has 4 nitrogen and oxygen atoms in total. The van der Waals surface area contributed by atoms with Crippen LogP contribution in [0.3, 0.4) is 0 Å². The van der Waals surface area contributed by atoms with Gasteiger partial charge in [0.15, 0.2) is 0 Å². The van der Waals surface area contributed by atoms with Gasteiger partial charge in [0, 0.05) is 12.5 Å². The summed E-state index contributed by atoms with van der Waals surface area (Å²) in [6.45, 7) is 10.2. The minimum absolute atomic E-state index is 0.329. The highest BCUT2D eigenvalue weighted by molar-refractivity contribution is 5.94. The molecule has 110 valence electrons. The van der Waals surface area contributed by atoms with Crippen LogP contribution >= 0.6 is 0 Å². The van der Waals surface area contributed by atoms with Gasteiger partial charge in [0.05, 0.1) is 20.3 Å². The van der Waals surface area contributed by atoms with Gasteiger partial charge in [-0.15, -0.1) is 6.58 Å². The van der Waals surface area contributed by atoms with Crippen molar-refractivity contribution < 1.29 is 19.0 Å². The number of rotatable bonds is 7. The lowest BCUT2D eigenvalue weighted by atomic mass is 10.1. The highest BCUT2D eigenvalue weighted by atomic mass is 16.5. The molecule has 0 saturated heterocycles. The van der Waals surface area contributed by atoms with E-state index >= 15 is 0 Å². The number of ether oxygens (including phenoxy) is 3. The SMILES string of the molecule is C=C(C)CCOc1cc(OC)cc(C)c1C(=O)OCC. The largest absolute Gasteiger partial charge is 0.497 e. The van der Waals surface area contributed by atoms with Crippen LogP contribution in [0.1, 0.15) is 36.2 Å². The number of benzene rings is 1. The van der Waals surface area contributed by atoms with E-state index in [0.717, 1.165) is 17.6 Å². The van der Waals surface area contributed by atoms with Crippen LogP contribution in [0.2, 0.25) is 0 Å². The summed E-state index contributed by atoms with van der Waals surface area (Å²) in [7, 11) is 1.58. The van der Waals surface area contributed by atoms with E-state index in [1.165, 1.54) is 0 Å². The Morgan fingerprint density at radius 1 is 1.35 bits per heavy atom. The van der Waals surface area contributed by atoms with Crippen molar-refractivity contribution in [3.8, 4) is 11.5 Å². The van der Waals surface area contributed by atoms with E-state index in [2.05, 4.69) is 6.58 Å². The van der Waals surface area contributed by atoms with Gasteiger partial charge in [-0.25, -0.2) is 4.79 Å². The predicted octanol–water partition coefficient (Wildman–Crippen LogP) is 3.53. The Bertz CT molecular complexity index is 491. The Hall–Kier alpha value is -1.97. The molecule has 0 saturated carbocycles.